The van der Waals surface area contributed by atoms with Crippen LogP contribution in [0.25, 0.3) is 11.0 Å². The van der Waals surface area contributed by atoms with E-state index in [0.717, 1.165) is 55.5 Å². The lowest BCUT2D eigenvalue weighted by molar-refractivity contribution is -0.124. The third-order valence-corrected chi connectivity index (χ3v) is 4.40. The number of carbonyl (C=O) groups excluding carboxylic acids is 1. The van der Waals surface area contributed by atoms with Crippen molar-refractivity contribution in [2.24, 2.45) is 0 Å². The molecule has 2 aromatic rings. The summed E-state index contributed by atoms with van der Waals surface area (Å²) in [4.78, 5) is 17.6. The number of rotatable bonds is 10. The number of fused-ring (bicyclic) bond motifs is 1. The van der Waals surface area contributed by atoms with Gasteiger partial charge in [-0.3, -0.25) is 4.79 Å². The highest BCUT2D eigenvalue weighted by Gasteiger charge is 2.24. The van der Waals surface area contributed by atoms with Crippen LogP contribution in [0.1, 0.15) is 71.2 Å². The molecule has 1 aromatic carbocycles. The van der Waals surface area contributed by atoms with Crippen molar-refractivity contribution >= 4 is 16.9 Å². The lowest BCUT2D eigenvalue weighted by Crippen LogP contribution is -2.33. The van der Waals surface area contributed by atoms with E-state index in [9.17, 15) is 4.79 Å². The molecule has 1 heterocycles. The van der Waals surface area contributed by atoms with Crippen molar-refractivity contribution in [3.63, 3.8) is 0 Å². The van der Waals surface area contributed by atoms with Crippen molar-refractivity contribution in [3.05, 3.63) is 30.1 Å². The van der Waals surface area contributed by atoms with Crippen molar-refractivity contribution in [1.82, 2.24) is 14.9 Å². The zero-order valence-corrected chi connectivity index (χ0v) is 15.3. The fourth-order valence-corrected chi connectivity index (χ4v) is 3.17. The predicted molar refractivity (Wildman–Crippen MR) is 100 cm³/mol. The molecule has 0 spiro atoms. The summed E-state index contributed by atoms with van der Waals surface area (Å²) in [7, 11) is 0. The maximum Gasteiger partial charge on any atom is 0.243 e. The number of imidazole rings is 1. The van der Waals surface area contributed by atoms with Crippen LogP contribution in [0.3, 0.4) is 0 Å². The Morgan fingerprint density at radius 2 is 1.92 bits per heavy atom. The van der Waals surface area contributed by atoms with Crippen LogP contribution in [0.5, 0.6) is 0 Å². The van der Waals surface area contributed by atoms with Crippen LogP contribution in [-0.4, -0.2) is 22.0 Å². The Hall–Kier alpha value is -1.84. The van der Waals surface area contributed by atoms with E-state index in [1.165, 1.54) is 12.8 Å². The van der Waals surface area contributed by atoms with E-state index in [1.54, 1.807) is 0 Å². The quantitative estimate of drug-likeness (QED) is 0.646. The molecule has 0 fully saturated rings. The molecule has 1 atom stereocenters. The molecule has 0 saturated carbocycles. The van der Waals surface area contributed by atoms with Gasteiger partial charge >= 0.3 is 0 Å². The normalized spacial score (nSPS) is 12.5. The second kappa shape index (κ2) is 9.45. The van der Waals surface area contributed by atoms with E-state index in [-0.39, 0.29) is 11.9 Å². The molecule has 0 aliphatic rings. The average Bonchev–Trinajstić information content (AvgIpc) is 2.96. The van der Waals surface area contributed by atoms with Gasteiger partial charge in [0.05, 0.1) is 11.0 Å². The van der Waals surface area contributed by atoms with Crippen LogP contribution in [0, 0.1) is 0 Å². The van der Waals surface area contributed by atoms with Gasteiger partial charge in [-0.25, -0.2) is 4.98 Å². The van der Waals surface area contributed by atoms with Gasteiger partial charge in [0.1, 0.15) is 11.9 Å². The van der Waals surface area contributed by atoms with Crippen molar-refractivity contribution in [1.29, 1.82) is 0 Å². The number of nitrogens with one attached hydrogen (secondary N) is 1. The zero-order chi connectivity index (χ0) is 17.4. The first-order valence-corrected chi connectivity index (χ1v) is 9.46. The fraction of sp³-hybridized carbons (Fsp3) is 0.600. The van der Waals surface area contributed by atoms with Crippen molar-refractivity contribution in [3.8, 4) is 0 Å². The highest BCUT2D eigenvalue weighted by molar-refractivity contribution is 5.84. The van der Waals surface area contributed by atoms with Crippen LogP contribution >= 0.6 is 0 Å². The topological polar surface area (TPSA) is 46.9 Å². The predicted octanol–water partition coefficient (Wildman–Crippen LogP) is 4.64. The molecular formula is C20H31N3O. The lowest BCUT2D eigenvalue weighted by atomic mass is 10.1. The van der Waals surface area contributed by atoms with Gasteiger partial charge in [-0.2, -0.15) is 0 Å². The molecule has 4 heteroatoms. The molecule has 4 nitrogen and oxygen atoms in total. The molecule has 0 bridgehead atoms. The maximum absolute atomic E-state index is 12.8. The zero-order valence-electron chi connectivity index (χ0n) is 15.3. The summed E-state index contributed by atoms with van der Waals surface area (Å²) in [5, 5.41) is 3.08. The first-order chi connectivity index (χ1) is 11.7. The standard InChI is InChI=1S/C20H31N3O/c1-4-7-8-14-19-22-16-12-9-10-13-17(16)23(19)18(11-5-2)20(24)21-15-6-3/h9-10,12-13,18H,4-8,11,14-15H2,1-3H3,(H,21,24). The Morgan fingerprint density at radius 3 is 2.62 bits per heavy atom. The van der Waals surface area contributed by atoms with Crippen molar-refractivity contribution < 1.29 is 4.79 Å². The van der Waals surface area contributed by atoms with E-state index in [1.807, 2.05) is 18.2 Å². The summed E-state index contributed by atoms with van der Waals surface area (Å²) in [5.74, 6) is 1.17. The molecule has 1 unspecified atom stereocenters. The van der Waals surface area contributed by atoms with Gasteiger partial charge in [-0.05, 0) is 31.4 Å². The van der Waals surface area contributed by atoms with Gasteiger partial charge in [0, 0.05) is 13.0 Å². The molecule has 1 N–H and O–H groups in total. The number of aromatic nitrogens is 2. The monoisotopic (exact) mass is 329 g/mol. The largest absolute Gasteiger partial charge is 0.354 e. The number of benzene rings is 1. The Balaban J connectivity index is 2.40. The Bertz CT molecular complexity index is 647. The molecule has 132 valence electrons. The average molecular weight is 329 g/mol. The summed E-state index contributed by atoms with van der Waals surface area (Å²) >= 11 is 0. The number of nitrogens with zero attached hydrogens (tertiary/aromatic N) is 2. The number of hydrogen-bond donors (Lipinski definition) is 1. The Kier molecular flexibility index (Phi) is 7.29. The molecule has 0 radical (unpaired) electrons. The van der Waals surface area contributed by atoms with E-state index >= 15 is 0 Å². The minimum absolute atomic E-state index is 0.124. The molecule has 24 heavy (non-hydrogen) atoms. The lowest BCUT2D eigenvalue weighted by Gasteiger charge is -2.21. The molecule has 2 rings (SSSR count). The van der Waals surface area contributed by atoms with Gasteiger partial charge in [0.15, 0.2) is 0 Å². The number of hydrogen-bond acceptors (Lipinski definition) is 2. The van der Waals surface area contributed by atoms with Gasteiger partial charge in [0.25, 0.3) is 0 Å². The molecule has 0 aliphatic carbocycles. The van der Waals surface area contributed by atoms with E-state index < -0.39 is 0 Å². The van der Waals surface area contributed by atoms with E-state index in [4.69, 9.17) is 4.98 Å². The Labute approximate surface area is 145 Å². The number of carbonyl (C=O) groups is 1. The van der Waals surface area contributed by atoms with Crippen LogP contribution < -0.4 is 5.32 Å². The van der Waals surface area contributed by atoms with Crippen LogP contribution in [0.4, 0.5) is 0 Å². The first-order valence-electron chi connectivity index (χ1n) is 9.46. The molecule has 1 amide bonds. The SMILES string of the molecule is CCCCCc1nc2ccccc2n1C(CCC)C(=O)NCCC. The van der Waals surface area contributed by atoms with Crippen LogP contribution in [-0.2, 0) is 11.2 Å². The molecular weight excluding hydrogens is 298 g/mol. The first kappa shape index (κ1) is 18.5. The molecule has 0 aliphatic heterocycles. The van der Waals surface area contributed by atoms with Crippen LogP contribution in [0.2, 0.25) is 0 Å². The number of aryl methyl sites for hydroxylation is 1. The third kappa shape index (κ3) is 4.37. The number of para-hydroxylation sites is 2. The van der Waals surface area contributed by atoms with Crippen molar-refractivity contribution in [2.45, 2.75) is 71.8 Å². The second-order valence-electron chi connectivity index (χ2n) is 6.44. The summed E-state index contributed by atoms with van der Waals surface area (Å²) in [5.41, 5.74) is 2.07. The van der Waals surface area contributed by atoms with Gasteiger partial charge < -0.3 is 9.88 Å². The Morgan fingerprint density at radius 1 is 1.12 bits per heavy atom. The summed E-state index contributed by atoms with van der Waals surface area (Å²) in [6, 6.07) is 8.01. The van der Waals surface area contributed by atoms with E-state index in [0.29, 0.717) is 0 Å². The fourth-order valence-electron chi connectivity index (χ4n) is 3.17. The molecule has 0 saturated heterocycles. The number of unbranched alkanes of at least 4 members (excludes halogenated alkanes) is 2. The minimum atomic E-state index is -0.162. The van der Waals surface area contributed by atoms with Gasteiger partial charge in [-0.15, -0.1) is 0 Å². The highest BCUT2D eigenvalue weighted by atomic mass is 16.2. The third-order valence-electron chi connectivity index (χ3n) is 4.40. The molecule has 1 aromatic heterocycles. The highest BCUT2D eigenvalue weighted by Crippen LogP contribution is 2.25. The van der Waals surface area contributed by atoms with Crippen LogP contribution in [0.15, 0.2) is 24.3 Å². The van der Waals surface area contributed by atoms with Gasteiger partial charge in [0.2, 0.25) is 5.91 Å². The summed E-state index contributed by atoms with van der Waals surface area (Å²) in [6.45, 7) is 7.16. The summed E-state index contributed by atoms with van der Waals surface area (Å²) in [6.07, 6.45) is 7.22. The second-order valence-corrected chi connectivity index (χ2v) is 6.44. The van der Waals surface area contributed by atoms with Crippen molar-refractivity contribution in [2.75, 3.05) is 6.54 Å². The van der Waals surface area contributed by atoms with E-state index in [2.05, 4.69) is 36.7 Å². The maximum atomic E-state index is 12.8. The number of amides is 1. The smallest absolute Gasteiger partial charge is 0.243 e. The summed E-state index contributed by atoms with van der Waals surface area (Å²) < 4.78 is 2.19. The minimum Gasteiger partial charge on any atom is -0.354 e. The van der Waals surface area contributed by atoms with Gasteiger partial charge in [-0.1, -0.05) is 52.2 Å².